The van der Waals surface area contributed by atoms with Gasteiger partial charge in [-0.25, -0.2) is 0 Å². The Morgan fingerprint density at radius 1 is 1.19 bits per heavy atom. The Morgan fingerprint density at radius 2 is 2.04 bits per heavy atom. The van der Waals surface area contributed by atoms with Crippen molar-refractivity contribution in [2.75, 3.05) is 26.2 Å². The molecule has 1 atom stereocenters. The van der Waals surface area contributed by atoms with Crippen LogP contribution in [0.5, 0.6) is 0 Å². The van der Waals surface area contributed by atoms with Crippen molar-refractivity contribution in [2.45, 2.75) is 32.5 Å². The zero-order valence-electron chi connectivity index (χ0n) is 15.4. The molecule has 0 aliphatic rings. The van der Waals surface area contributed by atoms with Crippen LogP contribution in [-0.4, -0.2) is 43.4 Å². The highest BCUT2D eigenvalue weighted by molar-refractivity contribution is 5.79. The molecule has 0 bridgehead atoms. The van der Waals surface area contributed by atoms with Crippen molar-refractivity contribution in [3.63, 3.8) is 0 Å². The van der Waals surface area contributed by atoms with Crippen molar-refractivity contribution in [3.05, 3.63) is 60.1 Å². The molecule has 1 aromatic heterocycles. The van der Waals surface area contributed by atoms with Gasteiger partial charge in [0.15, 0.2) is 5.96 Å². The van der Waals surface area contributed by atoms with Crippen molar-refractivity contribution in [1.29, 1.82) is 0 Å². The van der Waals surface area contributed by atoms with Crippen LogP contribution < -0.4 is 10.6 Å². The molecule has 3 N–H and O–H groups in total. The van der Waals surface area contributed by atoms with Crippen LogP contribution in [0.1, 0.15) is 24.7 Å². The number of nitrogens with zero attached hydrogens (tertiary/aromatic N) is 1. The van der Waals surface area contributed by atoms with E-state index in [9.17, 15) is 5.11 Å². The Balaban J connectivity index is 1.63. The maximum atomic E-state index is 10.2. The normalized spacial score (nSPS) is 12.8. The summed E-state index contributed by atoms with van der Waals surface area (Å²) >= 11 is 0. The van der Waals surface area contributed by atoms with Gasteiger partial charge in [-0.15, -0.1) is 0 Å². The van der Waals surface area contributed by atoms with E-state index >= 15 is 0 Å². The predicted molar refractivity (Wildman–Crippen MR) is 103 cm³/mol. The summed E-state index contributed by atoms with van der Waals surface area (Å²) in [6, 6.07) is 13.7. The molecular weight excluding hydrogens is 330 g/mol. The number of rotatable bonds is 11. The molecule has 0 radical (unpaired) electrons. The van der Waals surface area contributed by atoms with E-state index in [2.05, 4.69) is 15.6 Å². The highest BCUT2D eigenvalue weighted by Crippen LogP contribution is 2.03. The topological polar surface area (TPSA) is 79.0 Å². The van der Waals surface area contributed by atoms with E-state index in [0.717, 1.165) is 30.8 Å². The molecular formula is C20H29N3O3. The number of aliphatic hydroxyl groups is 1. The van der Waals surface area contributed by atoms with Gasteiger partial charge in [0.25, 0.3) is 0 Å². The number of furan rings is 1. The number of benzene rings is 1. The maximum Gasteiger partial charge on any atom is 0.191 e. The largest absolute Gasteiger partial charge is 0.467 e. The molecule has 0 amide bonds. The van der Waals surface area contributed by atoms with Crippen LogP contribution in [-0.2, 0) is 17.8 Å². The molecule has 1 heterocycles. The van der Waals surface area contributed by atoms with Crippen LogP contribution in [0.3, 0.4) is 0 Å². The lowest BCUT2D eigenvalue weighted by atomic mass is 10.1. The molecule has 6 nitrogen and oxygen atoms in total. The molecule has 0 aliphatic carbocycles. The van der Waals surface area contributed by atoms with Crippen molar-refractivity contribution in [2.24, 2.45) is 4.99 Å². The minimum atomic E-state index is -0.496. The van der Waals surface area contributed by atoms with E-state index in [4.69, 9.17) is 9.15 Å². The molecule has 0 fully saturated rings. The second-order valence-electron chi connectivity index (χ2n) is 5.98. The smallest absolute Gasteiger partial charge is 0.191 e. The highest BCUT2D eigenvalue weighted by atomic mass is 16.5. The van der Waals surface area contributed by atoms with Gasteiger partial charge < -0.3 is 24.9 Å². The van der Waals surface area contributed by atoms with Crippen LogP contribution in [0, 0.1) is 0 Å². The number of nitrogens with one attached hydrogen (secondary N) is 2. The third-order valence-corrected chi connectivity index (χ3v) is 3.70. The summed E-state index contributed by atoms with van der Waals surface area (Å²) in [4.78, 5) is 4.46. The number of aliphatic imine (C=N–C) groups is 1. The first-order chi connectivity index (χ1) is 12.8. The van der Waals surface area contributed by atoms with Crippen LogP contribution in [0.2, 0.25) is 0 Å². The van der Waals surface area contributed by atoms with Crippen LogP contribution in [0.4, 0.5) is 0 Å². The van der Waals surface area contributed by atoms with Gasteiger partial charge in [0.2, 0.25) is 0 Å². The highest BCUT2D eigenvalue weighted by Gasteiger charge is 2.05. The Kier molecular flexibility index (Phi) is 9.32. The lowest BCUT2D eigenvalue weighted by Gasteiger charge is -2.13. The summed E-state index contributed by atoms with van der Waals surface area (Å²) in [6.45, 7) is 5.04. The average Bonchev–Trinajstić information content (AvgIpc) is 3.16. The van der Waals surface area contributed by atoms with E-state index in [0.29, 0.717) is 32.1 Å². The SMILES string of the molecule is CCNC(=NCC(O)Cc1ccccc1)NCCCOCc1ccco1. The molecule has 0 spiro atoms. The summed E-state index contributed by atoms with van der Waals surface area (Å²) in [5, 5.41) is 16.6. The Hall–Kier alpha value is -2.31. The van der Waals surface area contributed by atoms with Gasteiger partial charge in [-0.2, -0.15) is 0 Å². The number of hydrogen-bond acceptors (Lipinski definition) is 4. The molecule has 1 unspecified atom stereocenters. The van der Waals surface area contributed by atoms with E-state index < -0.39 is 6.10 Å². The fourth-order valence-electron chi connectivity index (χ4n) is 2.44. The zero-order valence-corrected chi connectivity index (χ0v) is 15.4. The third-order valence-electron chi connectivity index (χ3n) is 3.70. The monoisotopic (exact) mass is 359 g/mol. The first-order valence-corrected chi connectivity index (χ1v) is 9.12. The third kappa shape index (κ3) is 8.18. The van der Waals surface area contributed by atoms with Crippen molar-refractivity contribution >= 4 is 5.96 Å². The van der Waals surface area contributed by atoms with Gasteiger partial charge in [-0.1, -0.05) is 30.3 Å². The second-order valence-corrected chi connectivity index (χ2v) is 5.98. The van der Waals surface area contributed by atoms with Crippen molar-refractivity contribution in [3.8, 4) is 0 Å². The van der Waals surface area contributed by atoms with E-state index in [1.165, 1.54) is 0 Å². The number of ether oxygens (including phenoxy) is 1. The van der Waals surface area contributed by atoms with E-state index in [-0.39, 0.29) is 0 Å². The van der Waals surface area contributed by atoms with Crippen LogP contribution >= 0.6 is 0 Å². The number of aliphatic hydroxyl groups excluding tert-OH is 1. The predicted octanol–water partition coefficient (Wildman–Crippen LogP) is 2.34. The summed E-state index contributed by atoms with van der Waals surface area (Å²) in [7, 11) is 0. The molecule has 2 rings (SSSR count). The molecule has 142 valence electrons. The summed E-state index contributed by atoms with van der Waals surface area (Å²) in [5.74, 6) is 1.55. The quantitative estimate of drug-likeness (QED) is 0.326. The second kappa shape index (κ2) is 12.1. The zero-order chi connectivity index (χ0) is 18.5. The van der Waals surface area contributed by atoms with Gasteiger partial charge in [-0.3, -0.25) is 4.99 Å². The van der Waals surface area contributed by atoms with Gasteiger partial charge in [0.1, 0.15) is 12.4 Å². The Labute approximate surface area is 155 Å². The first-order valence-electron chi connectivity index (χ1n) is 9.12. The molecule has 1 aromatic carbocycles. The minimum absolute atomic E-state index is 0.360. The lowest BCUT2D eigenvalue weighted by Crippen LogP contribution is -2.38. The number of guanidine groups is 1. The van der Waals surface area contributed by atoms with Gasteiger partial charge in [-0.05, 0) is 31.0 Å². The lowest BCUT2D eigenvalue weighted by molar-refractivity contribution is 0.105. The fourth-order valence-corrected chi connectivity index (χ4v) is 2.44. The van der Waals surface area contributed by atoms with Gasteiger partial charge >= 0.3 is 0 Å². The molecule has 26 heavy (non-hydrogen) atoms. The molecule has 0 aliphatic heterocycles. The standard InChI is InChI=1S/C20H29N3O3/c1-2-21-20(22-11-7-12-25-16-19-10-6-13-26-19)23-15-18(24)14-17-8-4-3-5-9-17/h3-6,8-10,13,18,24H,2,7,11-12,14-16H2,1H3,(H2,21,22,23). The van der Waals surface area contributed by atoms with Gasteiger partial charge in [0.05, 0.1) is 18.9 Å². The summed E-state index contributed by atoms with van der Waals surface area (Å²) in [5.41, 5.74) is 1.11. The van der Waals surface area contributed by atoms with Crippen LogP contribution in [0.25, 0.3) is 0 Å². The molecule has 0 saturated carbocycles. The summed E-state index contributed by atoms with van der Waals surface area (Å²) in [6.07, 6.45) is 2.61. The minimum Gasteiger partial charge on any atom is -0.467 e. The maximum absolute atomic E-state index is 10.2. The Bertz CT molecular complexity index is 614. The van der Waals surface area contributed by atoms with E-state index in [1.54, 1.807) is 6.26 Å². The average molecular weight is 359 g/mol. The van der Waals surface area contributed by atoms with Crippen molar-refractivity contribution in [1.82, 2.24) is 10.6 Å². The fraction of sp³-hybridized carbons (Fsp3) is 0.450. The van der Waals surface area contributed by atoms with E-state index in [1.807, 2.05) is 49.4 Å². The van der Waals surface area contributed by atoms with Crippen LogP contribution in [0.15, 0.2) is 58.1 Å². The first kappa shape index (κ1) is 20.0. The van der Waals surface area contributed by atoms with Crippen molar-refractivity contribution < 1.29 is 14.3 Å². The molecule has 0 saturated heterocycles. The van der Waals surface area contributed by atoms with Gasteiger partial charge in [0, 0.05) is 26.1 Å². The number of hydrogen-bond donors (Lipinski definition) is 3. The molecule has 6 heteroatoms. The Morgan fingerprint density at radius 3 is 2.77 bits per heavy atom. The molecule has 2 aromatic rings. The summed E-state index contributed by atoms with van der Waals surface area (Å²) < 4.78 is 10.8.